The van der Waals surface area contributed by atoms with E-state index in [2.05, 4.69) is 6.07 Å². The van der Waals surface area contributed by atoms with E-state index in [0.29, 0.717) is 17.8 Å². The number of nitrogens with zero attached hydrogens (tertiary/aromatic N) is 2. The highest BCUT2D eigenvalue weighted by molar-refractivity contribution is 5.74. The van der Waals surface area contributed by atoms with Crippen molar-refractivity contribution in [3.05, 3.63) is 23.8 Å². The minimum Gasteiger partial charge on any atom is -0.396 e. The van der Waals surface area contributed by atoms with Gasteiger partial charge in [0, 0.05) is 13.1 Å². The monoisotopic (exact) mass is 233 g/mol. The highest BCUT2D eigenvalue weighted by Gasteiger charge is 2.19. The maximum atomic E-state index is 9.85. The second kappa shape index (κ2) is 5.07. The normalized spacial score (nSPS) is 11.0. The molecule has 1 rings (SSSR count). The van der Waals surface area contributed by atoms with E-state index in [0.717, 1.165) is 12.2 Å². The SMILES string of the molecule is CCN(CC(C)(C)O)c1cccc(C#N)c1N. The molecule has 0 spiro atoms. The van der Waals surface area contributed by atoms with Crippen LogP contribution in [0.15, 0.2) is 18.2 Å². The number of hydrogen-bond donors (Lipinski definition) is 2. The maximum absolute atomic E-state index is 9.85. The van der Waals surface area contributed by atoms with Crippen LogP contribution in [0.4, 0.5) is 11.4 Å². The van der Waals surface area contributed by atoms with Crippen molar-refractivity contribution in [3.63, 3.8) is 0 Å². The Morgan fingerprint density at radius 1 is 1.47 bits per heavy atom. The summed E-state index contributed by atoms with van der Waals surface area (Å²) in [7, 11) is 0. The molecular weight excluding hydrogens is 214 g/mol. The Morgan fingerprint density at radius 3 is 2.59 bits per heavy atom. The van der Waals surface area contributed by atoms with Gasteiger partial charge in [-0.05, 0) is 32.9 Å². The number of likely N-dealkylation sites (N-methyl/N-ethyl adjacent to an activating group) is 1. The van der Waals surface area contributed by atoms with Crippen LogP contribution in [0, 0.1) is 11.3 Å². The molecule has 3 N–H and O–H groups in total. The lowest BCUT2D eigenvalue weighted by Gasteiger charge is -2.30. The molecule has 0 radical (unpaired) electrons. The molecule has 17 heavy (non-hydrogen) atoms. The smallest absolute Gasteiger partial charge is 0.101 e. The van der Waals surface area contributed by atoms with Gasteiger partial charge in [-0.1, -0.05) is 6.07 Å². The van der Waals surface area contributed by atoms with Gasteiger partial charge in [0.2, 0.25) is 0 Å². The Hall–Kier alpha value is -1.73. The van der Waals surface area contributed by atoms with Crippen LogP contribution in [-0.2, 0) is 0 Å². The molecule has 92 valence electrons. The number of nitrogen functional groups attached to an aromatic ring is 1. The number of rotatable bonds is 4. The van der Waals surface area contributed by atoms with Gasteiger partial charge in [-0.25, -0.2) is 0 Å². The predicted octanol–water partition coefficient (Wildman–Crippen LogP) is 1.74. The lowest BCUT2D eigenvalue weighted by molar-refractivity contribution is 0.0876. The van der Waals surface area contributed by atoms with Crippen LogP contribution in [0.2, 0.25) is 0 Å². The molecule has 4 nitrogen and oxygen atoms in total. The highest BCUT2D eigenvalue weighted by atomic mass is 16.3. The first kappa shape index (κ1) is 13.3. The summed E-state index contributed by atoms with van der Waals surface area (Å²) < 4.78 is 0. The largest absolute Gasteiger partial charge is 0.396 e. The van der Waals surface area contributed by atoms with Crippen LogP contribution >= 0.6 is 0 Å². The Labute approximate surface area is 102 Å². The van der Waals surface area contributed by atoms with Crippen LogP contribution in [0.1, 0.15) is 26.3 Å². The number of para-hydroxylation sites is 1. The molecule has 0 aliphatic rings. The summed E-state index contributed by atoms with van der Waals surface area (Å²) in [6.45, 7) is 6.69. The number of nitrogens with two attached hydrogens (primary N) is 1. The quantitative estimate of drug-likeness (QED) is 0.777. The molecule has 0 unspecified atom stereocenters. The minimum absolute atomic E-state index is 0.469. The lowest BCUT2D eigenvalue weighted by atomic mass is 10.1. The molecule has 1 aromatic carbocycles. The first-order chi connectivity index (χ1) is 7.89. The lowest BCUT2D eigenvalue weighted by Crippen LogP contribution is -2.39. The van der Waals surface area contributed by atoms with Gasteiger partial charge in [-0.2, -0.15) is 5.26 Å². The van der Waals surface area contributed by atoms with Crippen molar-refractivity contribution in [1.82, 2.24) is 0 Å². The number of anilines is 2. The van der Waals surface area contributed by atoms with Crippen LogP contribution in [0.25, 0.3) is 0 Å². The van der Waals surface area contributed by atoms with Gasteiger partial charge >= 0.3 is 0 Å². The van der Waals surface area contributed by atoms with Crippen molar-refractivity contribution >= 4 is 11.4 Å². The van der Waals surface area contributed by atoms with E-state index in [1.807, 2.05) is 17.9 Å². The second-order valence-corrected chi connectivity index (χ2v) is 4.68. The summed E-state index contributed by atoms with van der Waals surface area (Å²) in [6, 6.07) is 7.42. The summed E-state index contributed by atoms with van der Waals surface area (Å²) >= 11 is 0. The highest BCUT2D eigenvalue weighted by Crippen LogP contribution is 2.27. The summed E-state index contributed by atoms with van der Waals surface area (Å²) in [5, 5.41) is 18.8. The summed E-state index contributed by atoms with van der Waals surface area (Å²) in [5.41, 5.74) is 6.88. The number of hydrogen-bond acceptors (Lipinski definition) is 4. The van der Waals surface area contributed by atoms with Crippen molar-refractivity contribution in [2.75, 3.05) is 23.7 Å². The third-order valence-corrected chi connectivity index (χ3v) is 2.50. The molecule has 0 heterocycles. The van der Waals surface area contributed by atoms with Crippen molar-refractivity contribution in [2.24, 2.45) is 0 Å². The molecule has 0 aromatic heterocycles. The van der Waals surface area contributed by atoms with Gasteiger partial charge < -0.3 is 15.7 Å². The zero-order valence-corrected chi connectivity index (χ0v) is 10.6. The Balaban J connectivity index is 3.09. The topological polar surface area (TPSA) is 73.3 Å². The fraction of sp³-hybridized carbons (Fsp3) is 0.462. The third kappa shape index (κ3) is 3.36. The first-order valence-corrected chi connectivity index (χ1v) is 5.65. The van der Waals surface area contributed by atoms with Crippen LogP contribution in [-0.4, -0.2) is 23.8 Å². The van der Waals surface area contributed by atoms with Gasteiger partial charge in [0.05, 0.1) is 22.5 Å². The van der Waals surface area contributed by atoms with E-state index < -0.39 is 5.60 Å². The molecule has 0 saturated carbocycles. The Morgan fingerprint density at radius 2 is 2.12 bits per heavy atom. The second-order valence-electron chi connectivity index (χ2n) is 4.68. The van der Waals surface area contributed by atoms with Crippen molar-refractivity contribution in [3.8, 4) is 6.07 Å². The number of nitriles is 1. The third-order valence-electron chi connectivity index (χ3n) is 2.50. The molecule has 0 aliphatic heterocycles. The van der Waals surface area contributed by atoms with Gasteiger partial charge in [0.1, 0.15) is 6.07 Å². The zero-order chi connectivity index (χ0) is 13.1. The zero-order valence-electron chi connectivity index (χ0n) is 10.6. The molecule has 0 saturated heterocycles. The summed E-state index contributed by atoms with van der Waals surface area (Å²) in [4.78, 5) is 1.97. The fourth-order valence-electron chi connectivity index (χ4n) is 1.76. The summed E-state index contributed by atoms with van der Waals surface area (Å²) in [6.07, 6.45) is 0. The van der Waals surface area contributed by atoms with Crippen LogP contribution in [0.5, 0.6) is 0 Å². The number of benzene rings is 1. The molecule has 0 amide bonds. The van der Waals surface area contributed by atoms with Gasteiger partial charge in [-0.3, -0.25) is 0 Å². The molecule has 0 aliphatic carbocycles. The van der Waals surface area contributed by atoms with Crippen LogP contribution in [0.3, 0.4) is 0 Å². The molecule has 1 aromatic rings. The van der Waals surface area contributed by atoms with E-state index in [1.54, 1.807) is 26.0 Å². The first-order valence-electron chi connectivity index (χ1n) is 5.65. The van der Waals surface area contributed by atoms with Crippen molar-refractivity contribution in [1.29, 1.82) is 5.26 Å². The summed E-state index contributed by atoms with van der Waals surface area (Å²) in [5.74, 6) is 0. The average Bonchev–Trinajstić information content (AvgIpc) is 2.25. The fourth-order valence-corrected chi connectivity index (χ4v) is 1.76. The van der Waals surface area contributed by atoms with E-state index in [-0.39, 0.29) is 0 Å². The standard InChI is InChI=1S/C13H19N3O/c1-4-16(9-13(2,3)17)11-7-5-6-10(8-14)12(11)15/h5-7,17H,4,9,15H2,1-3H3. The van der Waals surface area contributed by atoms with E-state index in [1.165, 1.54) is 0 Å². The van der Waals surface area contributed by atoms with E-state index >= 15 is 0 Å². The Kier molecular flexibility index (Phi) is 3.97. The number of aliphatic hydroxyl groups is 1. The molecule has 0 fully saturated rings. The Bertz CT molecular complexity index is 429. The van der Waals surface area contributed by atoms with Gasteiger partial charge in [0.25, 0.3) is 0 Å². The minimum atomic E-state index is -0.800. The molecule has 0 atom stereocenters. The van der Waals surface area contributed by atoms with Crippen LogP contribution < -0.4 is 10.6 Å². The molecular formula is C13H19N3O. The van der Waals surface area contributed by atoms with Crippen molar-refractivity contribution < 1.29 is 5.11 Å². The molecule has 4 heteroatoms. The maximum Gasteiger partial charge on any atom is 0.101 e. The van der Waals surface area contributed by atoms with E-state index in [9.17, 15) is 5.11 Å². The average molecular weight is 233 g/mol. The van der Waals surface area contributed by atoms with Crippen molar-refractivity contribution in [2.45, 2.75) is 26.4 Å². The molecule has 0 bridgehead atoms. The predicted molar refractivity (Wildman–Crippen MR) is 69.8 cm³/mol. The van der Waals surface area contributed by atoms with Gasteiger partial charge in [-0.15, -0.1) is 0 Å². The van der Waals surface area contributed by atoms with E-state index in [4.69, 9.17) is 11.0 Å². The van der Waals surface area contributed by atoms with Gasteiger partial charge in [0.15, 0.2) is 0 Å².